The summed E-state index contributed by atoms with van der Waals surface area (Å²) in [6.45, 7) is 2.91. The molecule has 0 aromatic heterocycles. The smallest absolute Gasteiger partial charge is 0.209 e. The molecule has 0 N–H and O–H groups in total. The van der Waals surface area contributed by atoms with Crippen molar-refractivity contribution in [1.29, 1.82) is 0 Å². The minimum Gasteiger partial charge on any atom is -0.320 e. The van der Waals surface area contributed by atoms with E-state index in [-0.39, 0.29) is 0 Å². The van der Waals surface area contributed by atoms with Gasteiger partial charge in [-0.1, -0.05) is 12.2 Å². The number of nitrogens with zero attached hydrogens (tertiary/aromatic N) is 3. The molecule has 0 amide bonds. The van der Waals surface area contributed by atoms with E-state index in [0.717, 1.165) is 18.9 Å². The molecule has 2 aliphatic rings. The Labute approximate surface area is 84.7 Å². The van der Waals surface area contributed by atoms with Crippen molar-refractivity contribution >= 4 is 5.96 Å². The van der Waals surface area contributed by atoms with Gasteiger partial charge in [-0.25, -0.2) is 0 Å². The first-order chi connectivity index (χ1) is 6.83. The molecule has 74 valence electrons. The van der Waals surface area contributed by atoms with Crippen LogP contribution < -0.4 is 0 Å². The van der Waals surface area contributed by atoms with E-state index in [2.05, 4.69) is 34.3 Å². The highest BCUT2D eigenvalue weighted by Gasteiger charge is 2.21. The van der Waals surface area contributed by atoms with Gasteiger partial charge in [-0.3, -0.25) is 9.89 Å². The fourth-order valence-corrected chi connectivity index (χ4v) is 1.65. The summed E-state index contributed by atoms with van der Waals surface area (Å²) in [7, 11) is 2.02. The SMILES string of the molecule is C/C=C\C1=CCCN=C2N(C)C=CN12. The molecule has 0 radical (unpaired) electrons. The van der Waals surface area contributed by atoms with Crippen molar-refractivity contribution in [2.75, 3.05) is 13.6 Å². The molecule has 0 atom stereocenters. The number of guanidine groups is 1. The minimum atomic E-state index is 0.874. The molecule has 3 nitrogen and oxygen atoms in total. The van der Waals surface area contributed by atoms with Crippen LogP contribution in [0.4, 0.5) is 0 Å². The lowest BCUT2D eigenvalue weighted by molar-refractivity contribution is 0.617. The number of aliphatic imine (C=N–C) groups is 1. The number of hydrogen-bond donors (Lipinski definition) is 0. The van der Waals surface area contributed by atoms with Crippen LogP contribution in [0.2, 0.25) is 0 Å². The Balaban J connectivity index is 2.32. The van der Waals surface area contributed by atoms with Crippen molar-refractivity contribution in [2.24, 2.45) is 4.99 Å². The molecule has 2 heterocycles. The molecule has 3 heteroatoms. The third-order valence-electron chi connectivity index (χ3n) is 2.32. The molecule has 14 heavy (non-hydrogen) atoms. The molecule has 0 aromatic rings. The lowest BCUT2D eigenvalue weighted by Gasteiger charge is -2.19. The third-order valence-corrected chi connectivity index (χ3v) is 2.32. The zero-order chi connectivity index (χ0) is 9.97. The van der Waals surface area contributed by atoms with Crippen LogP contribution >= 0.6 is 0 Å². The first-order valence-electron chi connectivity index (χ1n) is 4.90. The largest absolute Gasteiger partial charge is 0.320 e. The second kappa shape index (κ2) is 3.70. The lowest BCUT2D eigenvalue weighted by atomic mass is 10.3. The summed E-state index contributed by atoms with van der Waals surface area (Å²) in [5.74, 6) is 1.02. The van der Waals surface area contributed by atoms with E-state index in [4.69, 9.17) is 0 Å². The van der Waals surface area contributed by atoms with Crippen LogP contribution in [0.1, 0.15) is 13.3 Å². The van der Waals surface area contributed by atoms with Crippen LogP contribution in [0.25, 0.3) is 0 Å². The maximum atomic E-state index is 4.52. The predicted molar refractivity (Wildman–Crippen MR) is 58.6 cm³/mol. The summed E-state index contributed by atoms with van der Waals surface area (Å²) in [4.78, 5) is 8.68. The van der Waals surface area contributed by atoms with Gasteiger partial charge in [-0.05, 0) is 19.4 Å². The molecular weight excluding hydrogens is 174 g/mol. The quantitative estimate of drug-likeness (QED) is 0.627. The fourth-order valence-electron chi connectivity index (χ4n) is 1.65. The molecule has 0 saturated carbocycles. The van der Waals surface area contributed by atoms with Crippen molar-refractivity contribution in [3.63, 3.8) is 0 Å². The minimum absolute atomic E-state index is 0.874. The second-order valence-corrected chi connectivity index (χ2v) is 3.38. The Bertz CT molecular complexity index is 336. The van der Waals surface area contributed by atoms with E-state index in [9.17, 15) is 0 Å². The third kappa shape index (κ3) is 1.45. The highest BCUT2D eigenvalue weighted by atomic mass is 15.4. The Morgan fingerprint density at radius 3 is 3.07 bits per heavy atom. The average Bonchev–Trinajstić information content (AvgIpc) is 2.43. The molecule has 0 spiro atoms. The summed E-state index contributed by atoms with van der Waals surface area (Å²) in [6.07, 6.45) is 11.5. The van der Waals surface area contributed by atoms with Crippen LogP contribution in [0, 0.1) is 0 Å². The van der Waals surface area contributed by atoms with E-state index >= 15 is 0 Å². The molecule has 0 aromatic carbocycles. The van der Waals surface area contributed by atoms with Crippen LogP contribution in [-0.2, 0) is 0 Å². The number of fused-ring (bicyclic) bond motifs is 1. The predicted octanol–water partition coefficient (Wildman–Crippen LogP) is 1.92. The Morgan fingerprint density at radius 2 is 2.29 bits per heavy atom. The topological polar surface area (TPSA) is 18.8 Å². The van der Waals surface area contributed by atoms with Crippen molar-refractivity contribution < 1.29 is 0 Å². The Hall–Kier alpha value is -1.51. The van der Waals surface area contributed by atoms with Crippen LogP contribution in [0.3, 0.4) is 0 Å². The number of rotatable bonds is 1. The van der Waals surface area contributed by atoms with Gasteiger partial charge in [-0.2, -0.15) is 0 Å². The highest BCUT2D eigenvalue weighted by molar-refractivity contribution is 5.86. The van der Waals surface area contributed by atoms with E-state index in [1.807, 2.05) is 25.1 Å². The van der Waals surface area contributed by atoms with Crippen molar-refractivity contribution in [2.45, 2.75) is 13.3 Å². The summed E-state index contributed by atoms with van der Waals surface area (Å²) in [5.41, 5.74) is 1.21. The summed E-state index contributed by atoms with van der Waals surface area (Å²) in [6, 6.07) is 0. The zero-order valence-corrected chi connectivity index (χ0v) is 8.64. The second-order valence-electron chi connectivity index (χ2n) is 3.38. The van der Waals surface area contributed by atoms with Gasteiger partial charge < -0.3 is 4.90 Å². The van der Waals surface area contributed by atoms with Gasteiger partial charge in [0.25, 0.3) is 0 Å². The van der Waals surface area contributed by atoms with Gasteiger partial charge in [0.1, 0.15) is 0 Å². The Morgan fingerprint density at radius 1 is 1.43 bits per heavy atom. The fraction of sp³-hybridized carbons (Fsp3) is 0.364. The highest BCUT2D eigenvalue weighted by Crippen LogP contribution is 2.19. The molecular formula is C11H15N3. The van der Waals surface area contributed by atoms with Crippen LogP contribution in [0.5, 0.6) is 0 Å². The number of allylic oxidation sites excluding steroid dienone is 2. The molecule has 2 aliphatic heterocycles. The zero-order valence-electron chi connectivity index (χ0n) is 8.64. The Kier molecular flexibility index (Phi) is 2.39. The van der Waals surface area contributed by atoms with E-state index < -0.39 is 0 Å². The molecule has 0 bridgehead atoms. The first kappa shape index (κ1) is 9.06. The normalized spacial score (nSPS) is 21.0. The summed E-state index contributed by atoms with van der Waals surface area (Å²) < 4.78 is 0. The molecule has 0 unspecified atom stereocenters. The standard InChI is InChI=1S/C11H15N3/c1-3-5-10-6-4-7-12-11-13(2)8-9-14(10)11/h3,5-6,8-9H,4,7H2,1-2H3/b5-3-. The molecule has 0 saturated heterocycles. The monoisotopic (exact) mass is 189 g/mol. The maximum Gasteiger partial charge on any atom is 0.209 e. The van der Waals surface area contributed by atoms with Gasteiger partial charge in [0.05, 0.1) is 0 Å². The molecule has 0 aliphatic carbocycles. The molecule has 0 fully saturated rings. The summed E-state index contributed by atoms with van der Waals surface area (Å²) >= 11 is 0. The van der Waals surface area contributed by atoms with Crippen molar-refractivity contribution in [3.05, 3.63) is 36.3 Å². The van der Waals surface area contributed by atoms with Gasteiger partial charge in [-0.15, -0.1) is 0 Å². The van der Waals surface area contributed by atoms with Crippen LogP contribution in [0.15, 0.2) is 41.3 Å². The van der Waals surface area contributed by atoms with E-state index in [1.165, 1.54) is 5.70 Å². The number of hydrogen-bond acceptors (Lipinski definition) is 3. The van der Waals surface area contributed by atoms with Gasteiger partial charge in [0.2, 0.25) is 5.96 Å². The lowest BCUT2D eigenvalue weighted by Crippen LogP contribution is -2.29. The average molecular weight is 189 g/mol. The van der Waals surface area contributed by atoms with E-state index in [1.54, 1.807) is 0 Å². The van der Waals surface area contributed by atoms with Crippen LogP contribution in [-0.4, -0.2) is 29.4 Å². The molecule has 2 rings (SSSR count). The first-order valence-corrected chi connectivity index (χ1v) is 4.90. The summed E-state index contributed by atoms with van der Waals surface area (Å²) in [5, 5.41) is 0. The maximum absolute atomic E-state index is 4.52. The van der Waals surface area contributed by atoms with Gasteiger partial charge >= 0.3 is 0 Å². The van der Waals surface area contributed by atoms with Gasteiger partial charge in [0.15, 0.2) is 0 Å². The van der Waals surface area contributed by atoms with Crippen molar-refractivity contribution in [1.82, 2.24) is 9.80 Å². The van der Waals surface area contributed by atoms with E-state index in [0.29, 0.717) is 0 Å². The van der Waals surface area contributed by atoms with Crippen molar-refractivity contribution in [3.8, 4) is 0 Å². The van der Waals surface area contributed by atoms with Gasteiger partial charge in [0, 0.05) is 31.7 Å².